The lowest BCUT2D eigenvalue weighted by atomic mass is 10.0. The normalized spacial score (nSPS) is 11.7. The van der Waals surface area contributed by atoms with Gasteiger partial charge in [0.2, 0.25) is 0 Å². The van der Waals surface area contributed by atoms with Crippen LogP contribution in [-0.2, 0) is 11.3 Å². The van der Waals surface area contributed by atoms with E-state index in [0.717, 1.165) is 11.3 Å². The van der Waals surface area contributed by atoms with Crippen molar-refractivity contribution < 1.29 is 14.7 Å². The maximum Gasteiger partial charge on any atom is 0.326 e. The molecule has 0 bridgehead atoms. The lowest BCUT2D eigenvalue weighted by molar-refractivity contribution is -0.140. The van der Waals surface area contributed by atoms with Crippen LogP contribution in [0.4, 0.5) is 5.69 Å². The fourth-order valence-corrected chi connectivity index (χ4v) is 3.53. The van der Waals surface area contributed by atoms with Crippen molar-refractivity contribution in [3.63, 3.8) is 0 Å². The van der Waals surface area contributed by atoms with Crippen LogP contribution in [0.15, 0.2) is 47.3 Å². The van der Waals surface area contributed by atoms with Crippen molar-refractivity contribution in [3.8, 4) is 12.3 Å². The minimum absolute atomic E-state index is 0.195. The van der Waals surface area contributed by atoms with Gasteiger partial charge in [-0.05, 0) is 54.8 Å². The number of aromatic nitrogens is 2. The summed E-state index contributed by atoms with van der Waals surface area (Å²) in [6.45, 7) is 5.97. The third kappa shape index (κ3) is 5.57. The van der Waals surface area contributed by atoms with Gasteiger partial charge in [-0.1, -0.05) is 25.8 Å². The molecule has 170 valence electrons. The fraction of sp³-hybridized carbons (Fsp3) is 0.280. The van der Waals surface area contributed by atoms with Gasteiger partial charge < -0.3 is 20.3 Å². The van der Waals surface area contributed by atoms with Crippen molar-refractivity contribution >= 4 is 28.5 Å². The van der Waals surface area contributed by atoms with E-state index in [0.29, 0.717) is 35.4 Å². The lowest BCUT2D eigenvalue weighted by Gasteiger charge is -2.23. The second-order valence-electron chi connectivity index (χ2n) is 8.14. The molecule has 33 heavy (non-hydrogen) atoms. The average Bonchev–Trinajstić information content (AvgIpc) is 2.77. The number of aliphatic carboxylic acids is 1. The molecular formula is C25H26N4O4. The number of terminal acetylenes is 1. The summed E-state index contributed by atoms with van der Waals surface area (Å²) in [5.41, 5.74) is 2.46. The van der Waals surface area contributed by atoms with Crippen LogP contribution in [0, 0.1) is 25.2 Å². The molecule has 0 aliphatic heterocycles. The number of hydrogen-bond acceptors (Lipinski definition) is 5. The summed E-state index contributed by atoms with van der Waals surface area (Å²) in [4.78, 5) is 45.1. The molecule has 0 fully saturated rings. The zero-order valence-electron chi connectivity index (χ0n) is 18.8. The highest BCUT2D eigenvalue weighted by Gasteiger charge is 2.24. The zero-order chi connectivity index (χ0) is 24.1. The van der Waals surface area contributed by atoms with Crippen LogP contribution in [0.1, 0.15) is 35.6 Å². The van der Waals surface area contributed by atoms with E-state index < -0.39 is 17.9 Å². The summed E-state index contributed by atoms with van der Waals surface area (Å²) in [6.07, 6.45) is 5.56. The van der Waals surface area contributed by atoms with Crippen molar-refractivity contribution in [2.75, 3.05) is 11.4 Å². The Kier molecular flexibility index (Phi) is 7.13. The molecule has 1 heterocycles. The van der Waals surface area contributed by atoms with Gasteiger partial charge in [0.15, 0.2) is 0 Å². The fourth-order valence-electron chi connectivity index (χ4n) is 3.53. The van der Waals surface area contributed by atoms with Gasteiger partial charge >= 0.3 is 5.97 Å². The molecule has 1 aromatic heterocycles. The molecule has 2 aromatic carbocycles. The van der Waals surface area contributed by atoms with Crippen LogP contribution < -0.4 is 15.8 Å². The summed E-state index contributed by atoms with van der Waals surface area (Å²) >= 11 is 0. The van der Waals surface area contributed by atoms with Crippen molar-refractivity contribution in [2.24, 2.45) is 5.92 Å². The minimum atomic E-state index is -1.07. The van der Waals surface area contributed by atoms with Crippen LogP contribution in [-0.4, -0.2) is 39.5 Å². The number of carboxylic acid groups (broad SMARTS) is 1. The predicted octanol–water partition coefficient (Wildman–Crippen LogP) is 2.71. The number of rotatable bonds is 8. The van der Waals surface area contributed by atoms with Crippen molar-refractivity contribution in [1.29, 1.82) is 0 Å². The minimum Gasteiger partial charge on any atom is -0.480 e. The Morgan fingerprint density at radius 1 is 1.21 bits per heavy atom. The summed E-state index contributed by atoms with van der Waals surface area (Å²) in [7, 11) is 0. The van der Waals surface area contributed by atoms with Crippen LogP contribution in [0.25, 0.3) is 10.9 Å². The lowest BCUT2D eigenvalue weighted by Crippen LogP contribution is -2.44. The number of aryl methyl sites for hydroxylation is 1. The molecule has 0 saturated carbocycles. The number of carbonyl (C=O) groups is 2. The third-order valence-corrected chi connectivity index (χ3v) is 5.26. The number of nitrogens with one attached hydrogen (secondary N) is 2. The number of amides is 1. The number of anilines is 1. The Balaban J connectivity index is 1.81. The van der Waals surface area contributed by atoms with Crippen molar-refractivity contribution in [3.05, 3.63) is 69.8 Å². The van der Waals surface area contributed by atoms with Gasteiger partial charge in [-0.15, -0.1) is 6.42 Å². The van der Waals surface area contributed by atoms with E-state index in [9.17, 15) is 19.5 Å². The van der Waals surface area contributed by atoms with E-state index in [1.807, 2.05) is 17.0 Å². The third-order valence-electron chi connectivity index (χ3n) is 5.26. The largest absolute Gasteiger partial charge is 0.480 e. The van der Waals surface area contributed by atoms with E-state index in [1.165, 1.54) is 0 Å². The molecule has 3 aromatic rings. The first-order valence-electron chi connectivity index (χ1n) is 10.5. The molecule has 0 saturated heterocycles. The SMILES string of the molecule is C#CCN(Cc1ccc2nc(C)[nH]c(=O)c2c1)c1ccc(C(=O)NC(C(=O)O)C(C)C)cc1. The summed E-state index contributed by atoms with van der Waals surface area (Å²) in [6, 6.07) is 11.3. The van der Waals surface area contributed by atoms with Gasteiger partial charge in [0.05, 0.1) is 17.4 Å². The maximum atomic E-state index is 12.5. The number of benzene rings is 2. The molecule has 8 nitrogen and oxygen atoms in total. The standard InChI is InChI=1S/C25H26N4O4/c1-5-12-29(14-17-6-11-21-20(13-17)24(31)27-16(4)26-21)19-9-7-18(8-10-19)23(30)28-22(15(2)3)25(32)33/h1,6-11,13,15,22H,12,14H2,2-4H3,(H,28,30)(H,32,33)(H,26,27,31). The molecule has 0 radical (unpaired) electrons. The molecule has 3 rings (SSSR count). The molecule has 1 atom stereocenters. The van der Waals surface area contributed by atoms with E-state index in [1.54, 1.807) is 51.1 Å². The first-order valence-corrected chi connectivity index (χ1v) is 10.5. The first-order chi connectivity index (χ1) is 15.7. The van der Waals surface area contributed by atoms with Gasteiger partial charge in [0.1, 0.15) is 11.9 Å². The number of nitrogens with zero attached hydrogens (tertiary/aromatic N) is 2. The Labute approximate surface area is 191 Å². The molecule has 1 amide bonds. The molecule has 0 aliphatic carbocycles. The quantitative estimate of drug-likeness (QED) is 0.458. The number of fused-ring (bicyclic) bond motifs is 1. The Morgan fingerprint density at radius 2 is 1.91 bits per heavy atom. The van der Waals surface area contributed by atoms with Gasteiger partial charge in [0.25, 0.3) is 11.5 Å². The number of carbonyl (C=O) groups excluding carboxylic acids is 1. The molecule has 8 heteroatoms. The zero-order valence-corrected chi connectivity index (χ0v) is 18.8. The van der Waals surface area contributed by atoms with Crippen molar-refractivity contribution in [2.45, 2.75) is 33.4 Å². The van der Waals surface area contributed by atoms with Gasteiger partial charge in [0, 0.05) is 17.8 Å². The number of hydrogen-bond donors (Lipinski definition) is 3. The second-order valence-corrected chi connectivity index (χ2v) is 8.14. The smallest absolute Gasteiger partial charge is 0.326 e. The van der Waals surface area contributed by atoms with E-state index in [-0.39, 0.29) is 11.5 Å². The van der Waals surface area contributed by atoms with Gasteiger partial charge in [-0.25, -0.2) is 9.78 Å². The highest BCUT2D eigenvalue weighted by molar-refractivity contribution is 5.97. The Hall–Kier alpha value is -4.12. The highest BCUT2D eigenvalue weighted by atomic mass is 16.4. The topological polar surface area (TPSA) is 115 Å². The summed E-state index contributed by atoms with van der Waals surface area (Å²) in [5, 5.41) is 12.3. The number of carboxylic acids is 1. The maximum absolute atomic E-state index is 12.5. The average molecular weight is 447 g/mol. The van der Waals surface area contributed by atoms with Crippen LogP contribution >= 0.6 is 0 Å². The second kappa shape index (κ2) is 10.0. The first kappa shape index (κ1) is 23.5. The van der Waals surface area contributed by atoms with Crippen LogP contribution in [0.2, 0.25) is 0 Å². The molecule has 3 N–H and O–H groups in total. The highest BCUT2D eigenvalue weighted by Crippen LogP contribution is 2.20. The number of H-pyrrole nitrogens is 1. The Bertz CT molecular complexity index is 1270. The molecule has 0 spiro atoms. The van der Waals surface area contributed by atoms with Gasteiger partial charge in [-0.2, -0.15) is 0 Å². The van der Waals surface area contributed by atoms with E-state index in [2.05, 4.69) is 21.2 Å². The van der Waals surface area contributed by atoms with Gasteiger partial charge in [-0.3, -0.25) is 9.59 Å². The molecule has 0 aliphatic rings. The molecule has 1 unspecified atom stereocenters. The van der Waals surface area contributed by atoms with Crippen LogP contribution in [0.5, 0.6) is 0 Å². The molecular weight excluding hydrogens is 420 g/mol. The predicted molar refractivity (Wildman–Crippen MR) is 127 cm³/mol. The Morgan fingerprint density at radius 3 is 2.52 bits per heavy atom. The van der Waals surface area contributed by atoms with E-state index in [4.69, 9.17) is 6.42 Å². The summed E-state index contributed by atoms with van der Waals surface area (Å²) in [5.74, 6) is 1.41. The summed E-state index contributed by atoms with van der Waals surface area (Å²) < 4.78 is 0. The van der Waals surface area contributed by atoms with Crippen molar-refractivity contribution in [1.82, 2.24) is 15.3 Å². The van der Waals surface area contributed by atoms with Crippen LogP contribution in [0.3, 0.4) is 0 Å². The number of aromatic amines is 1. The monoisotopic (exact) mass is 446 g/mol. The van der Waals surface area contributed by atoms with E-state index >= 15 is 0 Å².